The molecule has 0 saturated carbocycles. The van der Waals surface area contributed by atoms with Gasteiger partial charge in [-0.15, -0.1) is 0 Å². The molecule has 2 aromatic rings. The summed E-state index contributed by atoms with van der Waals surface area (Å²) in [6, 6.07) is 0. The number of carbonyl (C=O) groups excluding carboxylic acids is 1. The van der Waals surface area contributed by atoms with Crippen molar-refractivity contribution in [1.82, 2.24) is 25.2 Å². The minimum Gasteiger partial charge on any atom is -0.772 e. The molecule has 2 aromatic heterocycles. The molecule has 2 N–H and O–H groups in total. The molecule has 2 atom stereocenters. The number of carbonyl (C=O) groups is 1. The number of hydroxylamine groups is 1. The van der Waals surface area contributed by atoms with Crippen molar-refractivity contribution in [3.8, 4) is 11.3 Å². The van der Waals surface area contributed by atoms with E-state index in [1.807, 2.05) is 0 Å². The summed E-state index contributed by atoms with van der Waals surface area (Å²) in [6.07, 6.45) is 8.27. The molecular weight excluding hydrogens is 322 g/mol. The highest BCUT2D eigenvalue weighted by molar-refractivity contribution is 7.79. The van der Waals surface area contributed by atoms with Gasteiger partial charge in [-0.2, -0.15) is 5.10 Å². The Kier molecular flexibility index (Phi) is 5.53. The second-order valence-corrected chi connectivity index (χ2v) is 6.18. The molecule has 124 valence electrons. The zero-order valence-corrected chi connectivity index (χ0v) is 13.2. The van der Waals surface area contributed by atoms with Crippen molar-refractivity contribution >= 4 is 17.0 Å². The van der Waals surface area contributed by atoms with E-state index in [1.165, 1.54) is 12.4 Å². The van der Waals surface area contributed by atoms with E-state index < -0.39 is 28.2 Å². The van der Waals surface area contributed by atoms with E-state index in [0.29, 0.717) is 12.2 Å². The maximum absolute atomic E-state index is 11.7. The van der Waals surface area contributed by atoms with Crippen LogP contribution in [0.1, 0.15) is 13.3 Å². The lowest BCUT2D eigenvalue weighted by Crippen LogP contribution is -2.42. The van der Waals surface area contributed by atoms with Gasteiger partial charge in [-0.05, 0) is 13.3 Å². The van der Waals surface area contributed by atoms with Gasteiger partial charge in [-0.25, -0.2) is 5.48 Å². The van der Waals surface area contributed by atoms with Crippen molar-refractivity contribution in [3.63, 3.8) is 0 Å². The van der Waals surface area contributed by atoms with Crippen LogP contribution in [0, 0.1) is 5.41 Å². The zero-order chi connectivity index (χ0) is 16.9. The number of rotatable bonds is 7. The highest BCUT2D eigenvalue weighted by Gasteiger charge is 2.33. The van der Waals surface area contributed by atoms with E-state index in [0.717, 1.165) is 5.56 Å². The Hall–Kier alpha value is -2.17. The molecule has 0 radical (unpaired) electrons. The Balaban J connectivity index is 2.08. The standard InChI is InChI=1S/C13H17N5O4S/c1-13(9-23(21)22,12(19)17-20)2-5-18-8-10(6-16-18)11-7-14-3-4-15-11/h3-4,6-8,20H,2,5,9H2,1H3,(H,17,19)(H,21,22)/p-1/t13-/m0/s1. The van der Waals surface area contributed by atoms with Gasteiger partial charge in [0.25, 0.3) is 0 Å². The Morgan fingerprint density at radius 1 is 1.48 bits per heavy atom. The van der Waals surface area contributed by atoms with Gasteiger partial charge >= 0.3 is 0 Å². The van der Waals surface area contributed by atoms with Crippen molar-refractivity contribution in [2.75, 3.05) is 5.75 Å². The zero-order valence-electron chi connectivity index (χ0n) is 12.4. The molecule has 0 saturated heterocycles. The third-order valence-corrected chi connectivity index (χ3v) is 4.34. The van der Waals surface area contributed by atoms with Crippen molar-refractivity contribution in [2.24, 2.45) is 5.41 Å². The number of hydrogen-bond acceptors (Lipinski definition) is 7. The lowest BCUT2D eigenvalue weighted by atomic mass is 9.88. The van der Waals surface area contributed by atoms with Crippen LogP contribution in [0.3, 0.4) is 0 Å². The predicted molar refractivity (Wildman–Crippen MR) is 79.7 cm³/mol. The number of hydrogen-bond donors (Lipinski definition) is 2. The van der Waals surface area contributed by atoms with Crippen LogP contribution in [0.2, 0.25) is 0 Å². The van der Waals surface area contributed by atoms with Crippen LogP contribution >= 0.6 is 0 Å². The van der Waals surface area contributed by atoms with Crippen LogP contribution < -0.4 is 5.48 Å². The van der Waals surface area contributed by atoms with Crippen molar-refractivity contribution in [1.29, 1.82) is 0 Å². The summed E-state index contributed by atoms with van der Waals surface area (Å²) >= 11 is -2.41. The van der Waals surface area contributed by atoms with Crippen LogP contribution in [-0.4, -0.2) is 45.4 Å². The van der Waals surface area contributed by atoms with Crippen molar-refractivity contribution in [2.45, 2.75) is 19.9 Å². The van der Waals surface area contributed by atoms with Crippen LogP contribution in [0.4, 0.5) is 0 Å². The van der Waals surface area contributed by atoms with E-state index >= 15 is 0 Å². The highest BCUT2D eigenvalue weighted by Crippen LogP contribution is 2.24. The number of nitrogens with zero attached hydrogens (tertiary/aromatic N) is 4. The maximum Gasteiger partial charge on any atom is 0.250 e. The molecule has 9 nitrogen and oxygen atoms in total. The topological polar surface area (TPSA) is 133 Å². The quantitative estimate of drug-likeness (QED) is 0.416. The molecule has 1 unspecified atom stereocenters. The Labute approximate surface area is 135 Å². The normalized spacial score (nSPS) is 14.9. The lowest BCUT2D eigenvalue weighted by molar-refractivity contribution is -0.138. The van der Waals surface area contributed by atoms with Gasteiger partial charge in [0.2, 0.25) is 5.91 Å². The monoisotopic (exact) mass is 338 g/mol. The molecule has 0 bridgehead atoms. The number of aryl methyl sites for hydroxylation is 1. The third-order valence-electron chi connectivity index (χ3n) is 3.47. The SMILES string of the molecule is C[C@](CCn1cc(-c2cnccn2)cn1)(CS(=O)[O-])C(=O)NO. The summed E-state index contributed by atoms with van der Waals surface area (Å²) in [4.78, 5) is 19.9. The van der Waals surface area contributed by atoms with Gasteiger partial charge in [0.15, 0.2) is 0 Å². The van der Waals surface area contributed by atoms with Gasteiger partial charge in [0.05, 0.1) is 23.5 Å². The van der Waals surface area contributed by atoms with E-state index in [9.17, 15) is 13.6 Å². The molecular formula is C13H16N5O4S-. The van der Waals surface area contributed by atoms with Gasteiger partial charge in [-0.1, -0.05) is 11.1 Å². The fourth-order valence-electron chi connectivity index (χ4n) is 2.07. The molecule has 2 heterocycles. The first-order valence-corrected chi connectivity index (χ1v) is 7.98. The van der Waals surface area contributed by atoms with Crippen molar-refractivity contribution in [3.05, 3.63) is 31.0 Å². The van der Waals surface area contributed by atoms with E-state index in [1.54, 1.807) is 35.7 Å². The summed E-state index contributed by atoms with van der Waals surface area (Å²) in [7, 11) is 0. The van der Waals surface area contributed by atoms with Crippen LogP contribution in [0.5, 0.6) is 0 Å². The molecule has 0 aromatic carbocycles. The van der Waals surface area contributed by atoms with Crippen LogP contribution in [0.25, 0.3) is 11.3 Å². The van der Waals surface area contributed by atoms with Gasteiger partial charge < -0.3 is 4.55 Å². The average molecular weight is 338 g/mol. The smallest absolute Gasteiger partial charge is 0.250 e. The highest BCUT2D eigenvalue weighted by atomic mass is 32.2. The summed E-state index contributed by atoms with van der Waals surface area (Å²) in [5.41, 5.74) is 1.69. The van der Waals surface area contributed by atoms with E-state index in [2.05, 4.69) is 15.1 Å². The first-order valence-electron chi connectivity index (χ1n) is 6.74. The number of nitrogens with one attached hydrogen (secondary N) is 1. The first kappa shape index (κ1) is 17.2. The second kappa shape index (κ2) is 7.40. The summed E-state index contributed by atoms with van der Waals surface area (Å²) < 4.78 is 23.5. The predicted octanol–water partition coefficient (Wildman–Crippen LogP) is 0.121. The van der Waals surface area contributed by atoms with Crippen LogP contribution in [-0.2, 0) is 22.4 Å². The molecule has 0 aliphatic heterocycles. The van der Waals surface area contributed by atoms with Gasteiger partial charge in [-0.3, -0.25) is 28.9 Å². The first-order chi connectivity index (χ1) is 10.9. The fraction of sp³-hybridized carbons (Fsp3) is 0.385. The maximum atomic E-state index is 11.7. The fourth-order valence-corrected chi connectivity index (χ4v) is 2.87. The largest absolute Gasteiger partial charge is 0.772 e. The Morgan fingerprint density at radius 2 is 2.26 bits per heavy atom. The molecule has 0 aliphatic rings. The van der Waals surface area contributed by atoms with Crippen molar-refractivity contribution < 1.29 is 18.8 Å². The summed E-state index contributed by atoms with van der Waals surface area (Å²) in [6.45, 7) is 1.78. The average Bonchev–Trinajstić information content (AvgIpc) is 3.01. The molecule has 23 heavy (non-hydrogen) atoms. The van der Waals surface area contributed by atoms with E-state index in [-0.39, 0.29) is 6.42 Å². The molecule has 0 fully saturated rings. The minimum absolute atomic E-state index is 0.189. The molecule has 0 spiro atoms. The summed E-state index contributed by atoms with van der Waals surface area (Å²) in [5, 5.41) is 13.0. The molecule has 1 amide bonds. The second-order valence-electron chi connectivity index (χ2n) is 5.28. The van der Waals surface area contributed by atoms with Gasteiger partial charge in [0, 0.05) is 36.5 Å². The molecule has 2 rings (SSSR count). The lowest BCUT2D eigenvalue weighted by Gasteiger charge is -2.27. The Morgan fingerprint density at radius 3 is 2.87 bits per heavy atom. The molecule has 0 aliphatic carbocycles. The summed E-state index contributed by atoms with van der Waals surface area (Å²) in [5.74, 6) is -1.14. The Bertz CT molecular complexity index is 693. The minimum atomic E-state index is -2.41. The number of aromatic nitrogens is 4. The van der Waals surface area contributed by atoms with E-state index in [4.69, 9.17) is 5.21 Å². The third kappa shape index (κ3) is 4.41. The van der Waals surface area contributed by atoms with Crippen LogP contribution in [0.15, 0.2) is 31.0 Å². The molecule has 10 heteroatoms. The van der Waals surface area contributed by atoms with Gasteiger partial charge in [0.1, 0.15) is 0 Å². The number of amides is 1.